The normalized spacial score (nSPS) is 14.6. The Morgan fingerprint density at radius 1 is 1.04 bits per heavy atom. The lowest BCUT2D eigenvalue weighted by Gasteiger charge is -2.36. The maximum Gasteiger partial charge on any atom is 0.232 e. The Morgan fingerprint density at radius 2 is 1.72 bits per heavy atom. The van der Waals surface area contributed by atoms with Crippen LogP contribution in [0.5, 0.6) is 0 Å². The van der Waals surface area contributed by atoms with E-state index in [1.54, 1.807) is 23.9 Å². The molecule has 1 aliphatic heterocycles. The lowest BCUT2D eigenvalue weighted by molar-refractivity contribution is -0.128. The Labute approximate surface area is 156 Å². The highest BCUT2D eigenvalue weighted by molar-refractivity contribution is 7.99. The molecule has 0 atom stereocenters. The average molecular weight is 379 g/mol. The van der Waals surface area contributed by atoms with Crippen molar-refractivity contribution < 1.29 is 9.18 Å². The van der Waals surface area contributed by atoms with Crippen LogP contribution in [0.15, 0.2) is 48.5 Å². The van der Waals surface area contributed by atoms with Crippen molar-refractivity contribution in [3.63, 3.8) is 0 Å². The number of piperazine rings is 1. The molecular formula is C19H20ClFN2OS. The third-order valence-electron chi connectivity index (χ3n) is 4.23. The van der Waals surface area contributed by atoms with Gasteiger partial charge in [0.15, 0.2) is 0 Å². The van der Waals surface area contributed by atoms with E-state index in [0.29, 0.717) is 37.6 Å². The largest absolute Gasteiger partial charge is 0.366 e. The number of rotatable bonds is 5. The third kappa shape index (κ3) is 4.89. The van der Waals surface area contributed by atoms with Crippen LogP contribution in [0.25, 0.3) is 0 Å². The van der Waals surface area contributed by atoms with E-state index in [1.165, 1.54) is 6.07 Å². The van der Waals surface area contributed by atoms with Crippen molar-refractivity contribution in [3.05, 3.63) is 64.9 Å². The highest BCUT2D eigenvalue weighted by Crippen LogP contribution is 2.21. The lowest BCUT2D eigenvalue weighted by Crippen LogP contribution is -2.49. The van der Waals surface area contributed by atoms with Gasteiger partial charge in [0, 0.05) is 37.0 Å². The summed E-state index contributed by atoms with van der Waals surface area (Å²) in [5.74, 6) is 1.19. The fraction of sp³-hybridized carbons (Fsp3) is 0.316. The monoisotopic (exact) mass is 378 g/mol. The standard InChI is InChI=1S/C19H20ClFN2OS/c20-16-7-5-15(6-8-16)13-25-14-19(24)23-11-9-22(10-12-23)18-4-2-1-3-17(18)21/h1-8H,9-14H2. The first kappa shape index (κ1) is 18.1. The fourth-order valence-corrected chi connectivity index (χ4v) is 3.85. The van der Waals surface area contributed by atoms with Crippen LogP contribution in [0, 0.1) is 5.82 Å². The zero-order valence-corrected chi connectivity index (χ0v) is 15.4. The van der Waals surface area contributed by atoms with Crippen molar-refractivity contribution in [1.82, 2.24) is 4.90 Å². The number of nitrogens with zero attached hydrogens (tertiary/aromatic N) is 2. The molecule has 1 saturated heterocycles. The molecule has 1 heterocycles. The molecule has 1 aliphatic rings. The minimum atomic E-state index is -0.208. The Kier molecular flexibility index (Phi) is 6.21. The minimum absolute atomic E-state index is 0.146. The van der Waals surface area contributed by atoms with Crippen LogP contribution in [-0.2, 0) is 10.5 Å². The first-order chi connectivity index (χ1) is 12.1. The summed E-state index contributed by atoms with van der Waals surface area (Å²) in [6.45, 7) is 2.59. The van der Waals surface area contributed by atoms with Crippen molar-refractivity contribution >= 4 is 35.0 Å². The van der Waals surface area contributed by atoms with E-state index in [2.05, 4.69) is 0 Å². The highest BCUT2D eigenvalue weighted by atomic mass is 35.5. The number of thioether (sulfide) groups is 1. The van der Waals surface area contributed by atoms with Crippen molar-refractivity contribution in [2.75, 3.05) is 36.8 Å². The molecule has 0 bridgehead atoms. The minimum Gasteiger partial charge on any atom is -0.366 e. The van der Waals surface area contributed by atoms with Gasteiger partial charge in [-0.1, -0.05) is 35.9 Å². The van der Waals surface area contributed by atoms with Crippen LogP contribution < -0.4 is 4.90 Å². The molecule has 3 rings (SSSR count). The SMILES string of the molecule is O=C(CSCc1ccc(Cl)cc1)N1CCN(c2ccccc2F)CC1. The van der Waals surface area contributed by atoms with Crippen LogP contribution in [0.3, 0.4) is 0 Å². The van der Waals surface area contributed by atoms with Gasteiger partial charge >= 0.3 is 0 Å². The second-order valence-electron chi connectivity index (χ2n) is 5.94. The number of anilines is 1. The molecule has 132 valence electrons. The molecule has 0 aliphatic carbocycles. The molecule has 2 aromatic rings. The molecular weight excluding hydrogens is 359 g/mol. The number of para-hydroxylation sites is 1. The topological polar surface area (TPSA) is 23.6 Å². The van der Waals surface area contributed by atoms with Gasteiger partial charge in [-0.2, -0.15) is 0 Å². The second kappa shape index (κ2) is 8.59. The van der Waals surface area contributed by atoms with Crippen molar-refractivity contribution in [3.8, 4) is 0 Å². The molecule has 0 N–H and O–H groups in total. The molecule has 0 saturated carbocycles. The molecule has 3 nitrogen and oxygen atoms in total. The molecule has 0 unspecified atom stereocenters. The first-order valence-electron chi connectivity index (χ1n) is 8.23. The van der Waals surface area contributed by atoms with Gasteiger partial charge in [0.25, 0.3) is 0 Å². The molecule has 0 radical (unpaired) electrons. The van der Waals surface area contributed by atoms with Gasteiger partial charge < -0.3 is 9.80 Å². The number of hydrogen-bond donors (Lipinski definition) is 0. The Hall–Kier alpha value is -1.72. The van der Waals surface area contributed by atoms with E-state index in [4.69, 9.17) is 11.6 Å². The molecule has 0 spiro atoms. The predicted molar refractivity (Wildman–Crippen MR) is 103 cm³/mol. The van der Waals surface area contributed by atoms with E-state index in [0.717, 1.165) is 16.3 Å². The second-order valence-corrected chi connectivity index (χ2v) is 7.36. The predicted octanol–water partition coefficient (Wildman–Crippen LogP) is 4.06. The van der Waals surface area contributed by atoms with Gasteiger partial charge in [0.2, 0.25) is 5.91 Å². The van der Waals surface area contributed by atoms with Gasteiger partial charge in [0.1, 0.15) is 5.82 Å². The molecule has 1 amide bonds. The van der Waals surface area contributed by atoms with Crippen LogP contribution in [-0.4, -0.2) is 42.7 Å². The Bertz CT molecular complexity index is 718. The van der Waals surface area contributed by atoms with Gasteiger partial charge in [-0.25, -0.2) is 4.39 Å². The summed E-state index contributed by atoms with van der Waals surface area (Å²) in [5, 5.41) is 0.720. The van der Waals surface area contributed by atoms with Gasteiger partial charge in [-0.15, -0.1) is 11.8 Å². The summed E-state index contributed by atoms with van der Waals surface area (Å²) in [4.78, 5) is 16.2. The summed E-state index contributed by atoms with van der Waals surface area (Å²) >= 11 is 7.47. The molecule has 0 aromatic heterocycles. The number of carbonyl (C=O) groups excluding carboxylic acids is 1. The summed E-state index contributed by atoms with van der Waals surface area (Å²) in [5.41, 5.74) is 1.78. The number of halogens is 2. The number of carbonyl (C=O) groups is 1. The van der Waals surface area contributed by atoms with E-state index < -0.39 is 0 Å². The van der Waals surface area contributed by atoms with Gasteiger partial charge in [-0.3, -0.25) is 4.79 Å². The smallest absolute Gasteiger partial charge is 0.232 e. The number of hydrogen-bond acceptors (Lipinski definition) is 3. The third-order valence-corrected chi connectivity index (χ3v) is 5.47. The quantitative estimate of drug-likeness (QED) is 0.783. The zero-order chi connectivity index (χ0) is 17.6. The van der Waals surface area contributed by atoms with Crippen LogP contribution in [0.2, 0.25) is 5.02 Å². The van der Waals surface area contributed by atoms with Crippen molar-refractivity contribution in [2.45, 2.75) is 5.75 Å². The van der Waals surface area contributed by atoms with E-state index >= 15 is 0 Å². The first-order valence-corrected chi connectivity index (χ1v) is 9.76. The van der Waals surface area contributed by atoms with E-state index in [9.17, 15) is 9.18 Å². The summed E-state index contributed by atoms with van der Waals surface area (Å²) in [6, 6.07) is 14.5. The maximum absolute atomic E-state index is 13.8. The van der Waals surface area contributed by atoms with Crippen LogP contribution in [0.4, 0.5) is 10.1 Å². The highest BCUT2D eigenvalue weighted by Gasteiger charge is 2.22. The van der Waals surface area contributed by atoms with E-state index in [1.807, 2.05) is 40.1 Å². The Balaban J connectivity index is 1.44. The lowest BCUT2D eigenvalue weighted by atomic mass is 10.2. The molecule has 25 heavy (non-hydrogen) atoms. The van der Waals surface area contributed by atoms with Crippen LogP contribution in [0.1, 0.15) is 5.56 Å². The number of benzene rings is 2. The average Bonchev–Trinajstić information content (AvgIpc) is 2.64. The van der Waals surface area contributed by atoms with Gasteiger partial charge in [0.05, 0.1) is 11.4 Å². The fourth-order valence-electron chi connectivity index (χ4n) is 2.83. The summed E-state index contributed by atoms with van der Waals surface area (Å²) in [7, 11) is 0. The summed E-state index contributed by atoms with van der Waals surface area (Å²) in [6.07, 6.45) is 0. The summed E-state index contributed by atoms with van der Waals surface area (Å²) < 4.78 is 13.8. The zero-order valence-electron chi connectivity index (χ0n) is 13.8. The molecule has 2 aromatic carbocycles. The Morgan fingerprint density at radius 3 is 2.40 bits per heavy atom. The molecule has 1 fully saturated rings. The van der Waals surface area contributed by atoms with E-state index in [-0.39, 0.29) is 11.7 Å². The van der Waals surface area contributed by atoms with Crippen molar-refractivity contribution in [1.29, 1.82) is 0 Å². The van der Waals surface area contributed by atoms with Crippen LogP contribution >= 0.6 is 23.4 Å². The number of amides is 1. The van der Waals surface area contributed by atoms with Gasteiger partial charge in [-0.05, 0) is 29.8 Å². The molecule has 6 heteroatoms. The van der Waals surface area contributed by atoms with Crippen molar-refractivity contribution in [2.24, 2.45) is 0 Å². The maximum atomic E-state index is 13.8.